The van der Waals surface area contributed by atoms with Gasteiger partial charge in [0.1, 0.15) is 11.9 Å². The van der Waals surface area contributed by atoms with E-state index >= 15 is 0 Å². The molecule has 0 aromatic heterocycles. The first-order valence-electron chi connectivity index (χ1n) is 8.07. The number of carbonyl (C=O) groups is 1. The van der Waals surface area contributed by atoms with Crippen LogP contribution in [-0.4, -0.2) is 31.2 Å². The molecule has 1 aliphatic rings. The Morgan fingerprint density at radius 1 is 1.12 bits per heavy atom. The average molecular weight is 362 g/mol. The van der Waals surface area contributed by atoms with Crippen molar-refractivity contribution >= 4 is 15.9 Å². The average Bonchev–Trinajstić information content (AvgIpc) is 3.12. The fourth-order valence-electron chi connectivity index (χ4n) is 2.93. The van der Waals surface area contributed by atoms with Crippen LogP contribution in [-0.2, 0) is 21.4 Å². The number of nitrogens with one attached hydrogen (secondary N) is 1. The summed E-state index contributed by atoms with van der Waals surface area (Å²) >= 11 is 0. The minimum atomic E-state index is -3.70. The van der Waals surface area contributed by atoms with E-state index in [0.717, 1.165) is 5.56 Å². The summed E-state index contributed by atoms with van der Waals surface area (Å²) in [5.74, 6) is -0.674. The summed E-state index contributed by atoms with van der Waals surface area (Å²) < 4.78 is 39.7. The summed E-state index contributed by atoms with van der Waals surface area (Å²) in [5, 5.41) is 2.75. The SMILES string of the molecule is O=C(NCc1ccc(F)cc1)C1CCCN1S(=O)(=O)c1ccccc1. The highest BCUT2D eigenvalue weighted by Gasteiger charge is 2.39. The molecule has 25 heavy (non-hydrogen) atoms. The summed E-state index contributed by atoms with van der Waals surface area (Å²) in [7, 11) is -3.70. The van der Waals surface area contributed by atoms with E-state index in [1.165, 1.54) is 28.6 Å². The lowest BCUT2D eigenvalue weighted by Gasteiger charge is -2.23. The van der Waals surface area contributed by atoms with Gasteiger partial charge in [0.15, 0.2) is 0 Å². The van der Waals surface area contributed by atoms with Gasteiger partial charge >= 0.3 is 0 Å². The van der Waals surface area contributed by atoms with E-state index < -0.39 is 16.1 Å². The largest absolute Gasteiger partial charge is 0.351 e. The molecule has 1 unspecified atom stereocenters. The molecule has 1 amide bonds. The van der Waals surface area contributed by atoms with Crippen molar-refractivity contribution in [3.05, 3.63) is 66.0 Å². The molecule has 5 nitrogen and oxygen atoms in total. The van der Waals surface area contributed by atoms with Crippen LogP contribution in [0.25, 0.3) is 0 Å². The number of hydrogen-bond acceptors (Lipinski definition) is 3. The first kappa shape index (κ1) is 17.6. The van der Waals surface area contributed by atoms with Crippen molar-refractivity contribution in [1.29, 1.82) is 0 Å². The Morgan fingerprint density at radius 2 is 1.80 bits per heavy atom. The third kappa shape index (κ3) is 3.88. The molecule has 0 radical (unpaired) electrons. The van der Waals surface area contributed by atoms with Gasteiger partial charge in [0.05, 0.1) is 4.90 Å². The summed E-state index contributed by atoms with van der Waals surface area (Å²) in [6.07, 6.45) is 1.13. The minimum Gasteiger partial charge on any atom is -0.351 e. The minimum absolute atomic E-state index is 0.188. The Balaban J connectivity index is 1.70. The lowest BCUT2D eigenvalue weighted by Crippen LogP contribution is -2.45. The molecular formula is C18H19FN2O3S. The molecule has 1 atom stereocenters. The van der Waals surface area contributed by atoms with Crippen LogP contribution >= 0.6 is 0 Å². The van der Waals surface area contributed by atoms with Crippen LogP contribution in [0, 0.1) is 5.82 Å². The summed E-state index contributed by atoms with van der Waals surface area (Å²) in [6, 6.07) is 13.2. The highest BCUT2D eigenvalue weighted by Crippen LogP contribution is 2.26. The Morgan fingerprint density at radius 3 is 2.48 bits per heavy atom. The van der Waals surface area contributed by atoms with Crippen molar-refractivity contribution in [2.75, 3.05) is 6.54 Å². The first-order chi connectivity index (χ1) is 12.0. The topological polar surface area (TPSA) is 66.5 Å². The Kier molecular flexibility index (Phi) is 5.15. The second kappa shape index (κ2) is 7.33. The summed E-state index contributed by atoms with van der Waals surface area (Å²) in [5.41, 5.74) is 0.755. The van der Waals surface area contributed by atoms with Crippen LogP contribution in [0.1, 0.15) is 18.4 Å². The molecule has 0 spiro atoms. The van der Waals surface area contributed by atoms with Crippen molar-refractivity contribution in [3.8, 4) is 0 Å². The van der Waals surface area contributed by atoms with Gasteiger partial charge in [-0.2, -0.15) is 4.31 Å². The van der Waals surface area contributed by atoms with Crippen LogP contribution in [0.15, 0.2) is 59.5 Å². The Hall–Kier alpha value is -2.25. The maximum Gasteiger partial charge on any atom is 0.243 e. The van der Waals surface area contributed by atoms with E-state index in [9.17, 15) is 17.6 Å². The van der Waals surface area contributed by atoms with Crippen LogP contribution in [0.4, 0.5) is 4.39 Å². The second-order valence-electron chi connectivity index (χ2n) is 5.93. The molecule has 1 fully saturated rings. The van der Waals surface area contributed by atoms with Crippen molar-refractivity contribution < 1.29 is 17.6 Å². The van der Waals surface area contributed by atoms with Gasteiger partial charge in [-0.05, 0) is 42.7 Å². The number of halogens is 1. The Bertz CT molecular complexity index is 838. The van der Waals surface area contributed by atoms with E-state index in [1.807, 2.05) is 0 Å². The summed E-state index contributed by atoms with van der Waals surface area (Å²) in [6.45, 7) is 0.556. The zero-order valence-corrected chi connectivity index (χ0v) is 14.4. The van der Waals surface area contributed by atoms with E-state index in [-0.39, 0.29) is 23.2 Å². The van der Waals surface area contributed by atoms with Gasteiger partial charge in [0.2, 0.25) is 15.9 Å². The van der Waals surface area contributed by atoms with Crippen molar-refractivity contribution in [3.63, 3.8) is 0 Å². The third-order valence-corrected chi connectivity index (χ3v) is 6.16. The van der Waals surface area contributed by atoms with E-state index in [2.05, 4.69) is 5.32 Å². The molecule has 3 rings (SSSR count). The molecular weight excluding hydrogens is 343 g/mol. The van der Waals surface area contributed by atoms with Crippen LogP contribution in [0.3, 0.4) is 0 Å². The van der Waals surface area contributed by atoms with Gasteiger partial charge in [-0.1, -0.05) is 30.3 Å². The molecule has 7 heteroatoms. The summed E-state index contributed by atoms with van der Waals surface area (Å²) in [4.78, 5) is 12.7. The molecule has 0 bridgehead atoms. The van der Waals surface area contributed by atoms with Crippen molar-refractivity contribution in [1.82, 2.24) is 9.62 Å². The van der Waals surface area contributed by atoms with Gasteiger partial charge in [0.25, 0.3) is 0 Å². The maximum atomic E-state index is 12.9. The van der Waals surface area contributed by atoms with Crippen LogP contribution < -0.4 is 5.32 Å². The number of carbonyl (C=O) groups excluding carboxylic acids is 1. The lowest BCUT2D eigenvalue weighted by molar-refractivity contribution is -0.124. The number of amides is 1. The van der Waals surface area contributed by atoms with Gasteiger partial charge in [-0.3, -0.25) is 4.79 Å². The van der Waals surface area contributed by atoms with E-state index in [1.54, 1.807) is 30.3 Å². The first-order valence-corrected chi connectivity index (χ1v) is 9.51. The van der Waals surface area contributed by atoms with E-state index in [0.29, 0.717) is 19.4 Å². The van der Waals surface area contributed by atoms with E-state index in [4.69, 9.17) is 0 Å². The molecule has 0 aliphatic carbocycles. The van der Waals surface area contributed by atoms with Gasteiger partial charge in [0, 0.05) is 13.1 Å². The predicted octanol–water partition coefficient (Wildman–Crippen LogP) is 2.30. The van der Waals surface area contributed by atoms with Gasteiger partial charge < -0.3 is 5.32 Å². The number of sulfonamides is 1. The molecule has 2 aromatic rings. The lowest BCUT2D eigenvalue weighted by atomic mass is 10.2. The normalized spacial score (nSPS) is 18.2. The fourth-order valence-corrected chi connectivity index (χ4v) is 4.60. The molecule has 1 N–H and O–H groups in total. The Labute approximate surface area is 146 Å². The number of nitrogens with zero attached hydrogens (tertiary/aromatic N) is 1. The third-order valence-electron chi connectivity index (χ3n) is 4.24. The monoisotopic (exact) mass is 362 g/mol. The highest BCUT2D eigenvalue weighted by atomic mass is 32.2. The second-order valence-corrected chi connectivity index (χ2v) is 7.82. The molecule has 1 heterocycles. The van der Waals surface area contributed by atoms with Gasteiger partial charge in [-0.15, -0.1) is 0 Å². The smallest absolute Gasteiger partial charge is 0.243 e. The van der Waals surface area contributed by atoms with Crippen molar-refractivity contribution in [2.24, 2.45) is 0 Å². The van der Waals surface area contributed by atoms with Crippen molar-refractivity contribution in [2.45, 2.75) is 30.3 Å². The van der Waals surface area contributed by atoms with Crippen LogP contribution in [0.2, 0.25) is 0 Å². The molecule has 0 saturated carbocycles. The molecule has 132 valence electrons. The number of benzene rings is 2. The number of rotatable bonds is 5. The predicted molar refractivity (Wildman–Crippen MR) is 91.6 cm³/mol. The maximum absolute atomic E-state index is 12.9. The highest BCUT2D eigenvalue weighted by molar-refractivity contribution is 7.89. The molecule has 2 aromatic carbocycles. The standard InChI is InChI=1S/C18H19FN2O3S/c19-15-10-8-14(9-11-15)13-20-18(22)17-7-4-12-21(17)25(23,24)16-5-2-1-3-6-16/h1-3,5-6,8-11,17H,4,7,12-13H2,(H,20,22). The molecule has 1 aliphatic heterocycles. The molecule has 1 saturated heterocycles. The quantitative estimate of drug-likeness (QED) is 0.888. The zero-order valence-electron chi connectivity index (χ0n) is 13.6. The van der Waals surface area contributed by atoms with Crippen LogP contribution in [0.5, 0.6) is 0 Å². The zero-order chi connectivity index (χ0) is 17.9. The van der Waals surface area contributed by atoms with Gasteiger partial charge in [-0.25, -0.2) is 12.8 Å². The number of hydrogen-bond donors (Lipinski definition) is 1. The fraction of sp³-hybridized carbons (Fsp3) is 0.278.